The molecule has 0 aliphatic carbocycles. The Kier molecular flexibility index (Phi) is 5.95. The predicted molar refractivity (Wildman–Crippen MR) is 65.9 cm³/mol. The van der Waals surface area contributed by atoms with Crippen molar-refractivity contribution in [2.75, 3.05) is 13.1 Å². The zero-order valence-corrected chi connectivity index (χ0v) is 10.1. The Morgan fingerprint density at radius 3 is 2.81 bits per heavy atom. The summed E-state index contributed by atoms with van der Waals surface area (Å²) in [6, 6.07) is -0.0967. The average Bonchev–Trinajstić information content (AvgIpc) is 2.34. The molecular weight excluding hydrogens is 200 g/mol. The van der Waals surface area contributed by atoms with Crippen LogP contribution in [0.15, 0.2) is 0 Å². The molecule has 1 amide bonds. The first-order valence-electron chi connectivity index (χ1n) is 6.22. The molecule has 0 aromatic carbocycles. The Balaban J connectivity index is 2.16. The summed E-state index contributed by atoms with van der Waals surface area (Å²) in [5.74, 6) is 3.39. The molecule has 0 aromatic heterocycles. The molecule has 0 bridgehead atoms. The van der Waals surface area contributed by atoms with Crippen LogP contribution in [0.25, 0.3) is 0 Å². The van der Waals surface area contributed by atoms with Gasteiger partial charge < -0.3 is 10.6 Å². The Labute approximate surface area is 98.4 Å². The lowest BCUT2D eigenvalue weighted by Gasteiger charge is -2.22. The second kappa shape index (κ2) is 7.29. The van der Waals surface area contributed by atoms with Crippen molar-refractivity contribution < 1.29 is 4.79 Å². The van der Waals surface area contributed by atoms with Crippen LogP contribution >= 0.6 is 0 Å². The summed E-state index contributed by atoms with van der Waals surface area (Å²) in [5, 5.41) is 6.19. The lowest BCUT2D eigenvalue weighted by atomic mass is 9.93. The fraction of sp³-hybridized carbons (Fsp3) is 0.769. The first kappa shape index (κ1) is 13.1. The van der Waals surface area contributed by atoms with Gasteiger partial charge in [0.1, 0.15) is 0 Å². The number of rotatable bonds is 5. The summed E-state index contributed by atoms with van der Waals surface area (Å²) in [4.78, 5) is 11.6. The lowest BCUT2D eigenvalue weighted by Crippen LogP contribution is -2.34. The summed E-state index contributed by atoms with van der Waals surface area (Å²) >= 11 is 0. The van der Waals surface area contributed by atoms with Gasteiger partial charge in [-0.15, -0.1) is 6.42 Å². The SMILES string of the molecule is C#CC(CC)NC(=O)CCC1CCNCC1. The summed E-state index contributed by atoms with van der Waals surface area (Å²) in [7, 11) is 0. The summed E-state index contributed by atoms with van der Waals surface area (Å²) in [6.45, 7) is 4.17. The minimum atomic E-state index is -0.0967. The fourth-order valence-corrected chi connectivity index (χ4v) is 2.03. The largest absolute Gasteiger partial charge is 0.342 e. The molecule has 0 radical (unpaired) electrons. The zero-order valence-electron chi connectivity index (χ0n) is 10.1. The number of carbonyl (C=O) groups excluding carboxylic acids is 1. The van der Waals surface area contributed by atoms with Gasteiger partial charge in [0.05, 0.1) is 6.04 Å². The van der Waals surface area contributed by atoms with Crippen LogP contribution in [0.3, 0.4) is 0 Å². The van der Waals surface area contributed by atoms with Gasteiger partial charge in [0.2, 0.25) is 5.91 Å². The molecule has 90 valence electrons. The highest BCUT2D eigenvalue weighted by Gasteiger charge is 2.15. The standard InChI is InChI=1S/C13H22N2O/c1-3-12(4-2)15-13(16)6-5-11-7-9-14-10-8-11/h1,11-12,14H,4-10H2,2H3,(H,15,16). The van der Waals surface area contributed by atoms with Crippen LogP contribution in [0.4, 0.5) is 0 Å². The molecule has 0 spiro atoms. The molecule has 1 aliphatic heterocycles. The van der Waals surface area contributed by atoms with Crippen molar-refractivity contribution in [3.63, 3.8) is 0 Å². The minimum absolute atomic E-state index is 0.0967. The topological polar surface area (TPSA) is 41.1 Å². The normalized spacial score (nSPS) is 18.8. The molecule has 1 saturated heterocycles. The van der Waals surface area contributed by atoms with E-state index in [4.69, 9.17) is 6.42 Å². The maximum atomic E-state index is 11.6. The van der Waals surface area contributed by atoms with Gasteiger partial charge >= 0.3 is 0 Å². The second-order valence-electron chi connectivity index (χ2n) is 4.43. The molecule has 1 unspecified atom stereocenters. The van der Waals surface area contributed by atoms with E-state index in [-0.39, 0.29) is 11.9 Å². The van der Waals surface area contributed by atoms with E-state index in [0.29, 0.717) is 12.3 Å². The van der Waals surface area contributed by atoms with Gasteiger partial charge in [-0.05, 0) is 44.7 Å². The van der Waals surface area contributed by atoms with Crippen molar-refractivity contribution in [3.8, 4) is 12.3 Å². The first-order chi connectivity index (χ1) is 7.76. The fourth-order valence-electron chi connectivity index (χ4n) is 2.03. The highest BCUT2D eigenvalue weighted by molar-refractivity contribution is 5.76. The summed E-state index contributed by atoms with van der Waals surface area (Å²) in [5.41, 5.74) is 0. The third-order valence-corrected chi connectivity index (χ3v) is 3.18. The van der Waals surface area contributed by atoms with Crippen molar-refractivity contribution in [2.24, 2.45) is 5.92 Å². The second-order valence-corrected chi connectivity index (χ2v) is 4.43. The summed E-state index contributed by atoms with van der Waals surface area (Å²) in [6.07, 6.45) is 10.1. The highest BCUT2D eigenvalue weighted by atomic mass is 16.1. The molecule has 1 atom stereocenters. The number of hydrogen-bond acceptors (Lipinski definition) is 2. The number of piperidine rings is 1. The average molecular weight is 222 g/mol. The van der Waals surface area contributed by atoms with Gasteiger partial charge in [0.15, 0.2) is 0 Å². The number of terminal acetylenes is 1. The van der Waals surface area contributed by atoms with Gasteiger partial charge in [-0.25, -0.2) is 0 Å². The third-order valence-electron chi connectivity index (χ3n) is 3.18. The monoisotopic (exact) mass is 222 g/mol. The Bertz CT molecular complexity index is 251. The van der Waals surface area contributed by atoms with Gasteiger partial charge in [-0.2, -0.15) is 0 Å². The van der Waals surface area contributed by atoms with Crippen LogP contribution in [0.1, 0.15) is 39.0 Å². The van der Waals surface area contributed by atoms with Crippen LogP contribution in [0.2, 0.25) is 0 Å². The van der Waals surface area contributed by atoms with Crippen molar-refractivity contribution in [3.05, 3.63) is 0 Å². The number of hydrogen-bond donors (Lipinski definition) is 2. The summed E-state index contributed by atoms with van der Waals surface area (Å²) < 4.78 is 0. The van der Waals surface area contributed by atoms with Crippen LogP contribution in [0, 0.1) is 18.3 Å². The molecule has 1 rings (SSSR count). The molecule has 1 heterocycles. The molecule has 0 saturated carbocycles. The van der Waals surface area contributed by atoms with Crippen LogP contribution in [-0.2, 0) is 4.79 Å². The van der Waals surface area contributed by atoms with Crippen molar-refractivity contribution in [2.45, 2.75) is 45.1 Å². The molecule has 3 heteroatoms. The Morgan fingerprint density at radius 1 is 1.56 bits per heavy atom. The highest BCUT2D eigenvalue weighted by Crippen LogP contribution is 2.17. The van der Waals surface area contributed by atoms with E-state index in [2.05, 4.69) is 16.6 Å². The predicted octanol–water partition coefficient (Wildman–Crippen LogP) is 1.29. The molecule has 1 aliphatic rings. The van der Waals surface area contributed by atoms with Gasteiger partial charge in [-0.1, -0.05) is 12.8 Å². The van der Waals surface area contributed by atoms with Crippen molar-refractivity contribution in [1.82, 2.24) is 10.6 Å². The molecule has 0 aromatic rings. The van der Waals surface area contributed by atoms with E-state index in [1.54, 1.807) is 0 Å². The van der Waals surface area contributed by atoms with E-state index in [1.165, 1.54) is 12.8 Å². The lowest BCUT2D eigenvalue weighted by molar-refractivity contribution is -0.121. The quantitative estimate of drug-likeness (QED) is 0.688. The Morgan fingerprint density at radius 2 is 2.25 bits per heavy atom. The maximum absolute atomic E-state index is 11.6. The zero-order chi connectivity index (χ0) is 11.8. The molecule has 3 nitrogen and oxygen atoms in total. The third kappa shape index (κ3) is 4.67. The van der Waals surface area contributed by atoms with E-state index < -0.39 is 0 Å². The van der Waals surface area contributed by atoms with E-state index in [0.717, 1.165) is 25.9 Å². The van der Waals surface area contributed by atoms with Crippen LogP contribution in [0.5, 0.6) is 0 Å². The van der Waals surface area contributed by atoms with Gasteiger partial charge in [0.25, 0.3) is 0 Å². The molecule has 2 N–H and O–H groups in total. The Hall–Kier alpha value is -1.01. The van der Waals surface area contributed by atoms with Crippen molar-refractivity contribution >= 4 is 5.91 Å². The number of amides is 1. The molecule has 16 heavy (non-hydrogen) atoms. The smallest absolute Gasteiger partial charge is 0.220 e. The number of carbonyl (C=O) groups is 1. The molecular formula is C13H22N2O. The maximum Gasteiger partial charge on any atom is 0.220 e. The minimum Gasteiger partial charge on any atom is -0.342 e. The first-order valence-corrected chi connectivity index (χ1v) is 6.22. The van der Waals surface area contributed by atoms with Crippen molar-refractivity contribution in [1.29, 1.82) is 0 Å². The number of nitrogens with one attached hydrogen (secondary N) is 2. The van der Waals surface area contributed by atoms with Gasteiger partial charge in [-0.3, -0.25) is 4.79 Å². The van der Waals surface area contributed by atoms with E-state index >= 15 is 0 Å². The van der Waals surface area contributed by atoms with E-state index in [1.807, 2.05) is 6.92 Å². The van der Waals surface area contributed by atoms with Crippen LogP contribution < -0.4 is 10.6 Å². The van der Waals surface area contributed by atoms with Gasteiger partial charge in [0, 0.05) is 6.42 Å². The van der Waals surface area contributed by atoms with E-state index in [9.17, 15) is 4.79 Å². The van der Waals surface area contributed by atoms with Crippen LogP contribution in [-0.4, -0.2) is 25.0 Å². The molecule has 1 fully saturated rings.